The molecule has 0 amide bonds. The Kier molecular flexibility index (Phi) is 6.77. The van der Waals surface area contributed by atoms with Gasteiger partial charge in [0.25, 0.3) is 0 Å². The normalized spacial score (nSPS) is 19.8. The van der Waals surface area contributed by atoms with Crippen molar-refractivity contribution < 1.29 is 8.42 Å². The Balaban J connectivity index is 2.66. The van der Waals surface area contributed by atoms with Crippen molar-refractivity contribution in [1.29, 1.82) is 0 Å². The van der Waals surface area contributed by atoms with Gasteiger partial charge < -0.3 is 5.73 Å². The van der Waals surface area contributed by atoms with Crippen LogP contribution in [0, 0.1) is 0 Å². The lowest BCUT2D eigenvalue weighted by molar-refractivity contribution is 0.0678. The maximum atomic E-state index is 11.9. The molecule has 0 aromatic carbocycles. The Hall–Kier alpha value is -0.130. The maximum Gasteiger partial charge on any atom is 0.151 e. The van der Waals surface area contributed by atoms with Crippen LogP contribution in [0.25, 0.3) is 0 Å². The van der Waals surface area contributed by atoms with Crippen molar-refractivity contribution >= 4 is 9.84 Å². The van der Waals surface area contributed by atoms with E-state index >= 15 is 0 Å². The first-order chi connectivity index (χ1) is 8.99. The number of hydrogen-bond acceptors (Lipinski definition) is 4. The molecule has 0 heterocycles. The van der Waals surface area contributed by atoms with Gasteiger partial charge in [-0.3, -0.25) is 4.90 Å². The first kappa shape index (κ1) is 16.9. The summed E-state index contributed by atoms with van der Waals surface area (Å²) >= 11 is 0. The van der Waals surface area contributed by atoms with Crippen LogP contribution < -0.4 is 5.73 Å². The van der Waals surface area contributed by atoms with Crippen LogP contribution in [-0.4, -0.2) is 50.0 Å². The van der Waals surface area contributed by atoms with Crippen LogP contribution in [0.2, 0.25) is 0 Å². The lowest BCUT2D eigenvalue weighted by Crippen LogP contribution is -2.56. The van der Waals surface area contributed by atoms with Crippen molar-refractivity contribution in [3.05, 3.63) is 0 Å². The molecule has 114 valence electrons. The summed E-state index contributed by atoms with van der Waals surface area (Å²) in [4.78, 5) is 2.32. The summed E-state index contributed by atoms with van der Waals surface area (Å²) in [6.07, 6.45) is 6.66. The number of likely N-dealkylation sites (N-methyl/N-ethyl adjacent to an activating group) is 1. The van der Waals surface area contributed by atoms with E-state index in [9.17, 15) is 8.42 Å². The van der Waals surface area contributed by atoms with E-state index in [0.717, 1.165) is 19.4 Å². The molecule has 2 N–H and O–H groups in total. The van der Waals surface area contributed by atoms with E-state index in [2.05, 4.69) is 11.8 Å². The first-order valence-corrected chi connectivity index (χ1v) is 9.47. The van der Waals surface area contributed by atoms with Gasteiger partial charge in [0.05, 0.1) is 5.75 Å². The van der Waals surface area contributed by atoms with Gasteiger partial charge in [0.15, 0.2) is 9.84 Å². The Labute approximate surface area is 118 Å². The largest absolute Gasteiger partial charge is 0.329 e. The Morgan fingerprint density at radius 2 is 1.74 bits per heavy atom. The van der Waals surface area contributed by atoms with Crippen molar-refractivity contribution in [2.75, 3.05) is 31.1 Å². The van der Waals surface area contributed by atoms with Crippen LogP contribution in [0.15, 0.2) is 0 Å². The lowest BCUT2D eigenvalue weighted by atomic mass is 9.80. The van der Waals surface area contributed by atoms with Crippen LogP contribution in [-0.2, 0) is 9.84 Å². The fraction of sp³-hybridized carbons (Fsp3) is 1.00. The van der Waals surface area contributed by atoms with Crippen molar-refractivity contribution in [2.45, 2.75) is 57.9 Å². The molecule has 0 bridgehead atoms. The average Bonchev–Trinajstić information content (AvgIpc) is 2.40. The van der Waals surface area contributed by atoms with Gasteiger partial charge in [0.2, 0.25) is 0 Å². The molecule has 4 nitrogen and oxygen atoms in total. The number of nitrogens with zero attached hydrogens (tertiary/aromatic N) is 1. The molecule has 0 aromatic heterocycles. The molecule has 1 aliphatic rings. The van der Waals surface area contributed by atoms with E-state index < -0.39 is 9.84 Å². The van der Waals surface area contributed by atoms with Crippen LogP contribution >= 0.6 is 0 Å². The molecule has 0 radical (unpaired) electrons. The first-order valence-electron chi connectivity index (χ1n) is 7.65. The molecule has 5 heteroatoms. The van der Waals surface area contributed by atoms with Gasteiger partial charge in [-0.1, -0.05) is 33.1 Å². The number of hydrogen-bond donors (Lipinski definition) is 1. The zero-order chi connectivity index (χ0) is 14.4. The van der Waals surface area contributed by atoms with E-state index in [1.807, 2.05) is 6.92 Å². The molecular weight excluding hydrogens is 260 g/mol. The summed E-state index contributed by atoms with van der Waals surface area (Å²) in [5.74, 6) is 0.580. The minimum absolute atomic E-state index is 0.0503. The summed E-state index contributed by atoms with van der Waals surface area (Å²) in [7, 11) is -2.89. The zero-order valence-electron chi connectivity index (χ0n) is 12.5. The monoisotopic (exact) mass is 290 g/mol. The SMILES string of the molecule is CCCS(=O)(=O)CCN(CC)C1(CN)CCCCC1. The lowest BCUT2D eigenvalue weighted by Gasteiger charge is -2.45. The summed E-state index contributed by atoms with van der Waals surface area (Å²) in [6.45, 7) is 6.19. The fourth-order valence-corrected chi connectivity index (χ4v) is 4.58. The van der Waals surface area contributed by atoms with Crippen molar-refractivity contribution in [3.63, 3.8) is 0 Å². The van der Waals surface area contributed by atoms with Gasteiger partial charge >= 0.3 is 0 Å². The van der Waals surface area contributed by atoms with Crippen LogP contribution in [0.1, 0.15) is 52.4 Å². The molecule has 0 aliphatic heterocycles. The van der Waals surface area contributed by atoms with Crippen LogP contribution in [0.3, 0.4) is 0 Å². The third-order valence-electron chi connectivity index (χ3n) is 4.40. The molecule has 0 spiro atoms. The molecule has 0 saturated heterocycles. The highest BCUT2D eigenvalue weighted by Crippen LogP contribution is 2.32. The molecule has 1 saturated carbocycles. The third kappa shape index (κ3) is 4.72. The average molecular weight is 290 g/mol. The minimum atomic E-state index is -2.89. The predicted molar refractivity (Wildman–Crippen MR) is 81.1 cm³/mol. The molecule has 0 aromatic rings. The highest BCUT2D eigenvalue weighted by atomic mass is 32.2. The van der Waals surface area contributed by atoms with Gasteiger partial charge in [0.1, 0.15) is 0 Å². The molecule has 1 rings (SSSR count). The quantitative estimate of drug-likeness (QED) is 0.740. The van der Waals surface area contributed by atoms with Gasteiger partial charge in [-0.05, 0) is 25.8 Å². The second-order valence-corrected chi connectivity index (χ2v) is 8.02. The van der Waals surface area contributed by atoms with Crippen molar-refractivity contribution in [2.24, 2.45) is 5.73 Å². The molecule has 0 unspecified atom stereocenters. The highest BCUT2D eigenvalue weighted by Gasteiger charge is 2.36. The van der Waals surface area contributed by atoms with E-state index in [1.54, 1.807) is 0 Å². The summed E-state index contributed by atoms with van der Waals surface area (Å²) in [5, 5.41) is 0. The second kappa shape index (κ2) is 7.60. The molecule has 0 atom stereocenters. The molecule has 1 fully saturated rings. The third-order valence-corrected chi connectivity index (χ3v) is 6.24. The van der Waals surface area contributed by atoms with Crippen molar-refractivity contribution in [3.8, 4) is 0 Å². The van der Waals surface area contributed by atoms with Crippen LogP contribution in [0.5, 0.6) is 0 Å². The standard InChI is InChI=1S/C14H30N2O2S/c1-3-11-19(17,18)12-10-16(4-2)14(13-15)8-6-5-7-9-14/h3-13,15H2,1-2H3. The van der Waals surface area contributed by atoms with Gasteiger partial charge in [-0.25, -0.2) is 8.42 Å². The van der Waals surface area contributed by atoms with Gasteiger partial charge in [0, 0.05) is 24.4 Å². The highest BCUT2D eigenvalue weighted by molar-refractivity contribution is 7.91. The molecule has 1 aliphatic carbocycles. The molecule has 19 heavy (non-hydrogen) atoms. The Morgan fingerprint density at radius 1 is 1.11 bits per heavy atom. The number of rotatable bonds is 8. The minimum Gasteiger partial charge on any atom is -0.329 e. The van der Waals surface area contributed by atoms with Gasteiger partial charge in [-0.2, -0.15) is 0 Å². The molecular formula is C14H30N2O2S. The fourth-order valence-electron chi connectivity index (χ4n) is 3.25. The Morgan fingerprint density at radius 3 is 2.21 bits per heavy atom. The van der Waals surface area contributed by atoms with E-state index in [4.69, 9.17) is 5.73 Å². The van der Waals surface area contributed by atoms with Crippen LogP contribution in [0.4, 0.5) is 0 Å². The smallest absolute Gasteiger partial charge is 0.151 e. The second-order valence-electron chi connectivity index (χ2n) is 5.72. The number of sulfone groups is 1. The summed E-state index contributed by atoms with van der Waals surface area (Å²) in [5.41, 5.74) is 6.07. The number of nitrogens with two attached hydrogens (primary N) is 1. The Bertz CT molecular complexity index is 348. The zero-order valence-corrected chi connectivity index (χ0v) is 13.3. The topological polar surface area (TPSA) is 63.4 Å². The summed E-state index contributed by atoms with van der Waals surface area (Å²) in [6, 6.07) is 0. The van der Waals surface area contributed by atoms with E-state index in [1.165, 1.54) is 19.3 Å². The van der Waals surface area contributed by atoms with E-state index in [-0.39, 0.29) is 11.3 Å². The summed E-state index contributed by atoms with van der Waals surface area (Å²) < 4.78 is 23.7. The predicted octanol–water partition coefficient (Wildman–Crippen LogP) is 1.79. The van der Waals surface area contributed by atoms with E-state index in [0.29, 0.717) is 25.3 Å². The van der Waals surface area contributed by atoms with Gasteiger partial charge in [-0.15, -0.1) is 0 Å². The van der Waals surface area contributed by atoms with Crippen molar-refractivity contribution in [1.82, 2.24) is 4.90 Å². The maximum absolute atomic E-state index is 11.9.